The fourth-order valence-electron chi connectivity index (χ4n) is 4.71. The predicted octanol–water partition coefficient (Wildman–Crippen LogP) is 5.11. The van der Waals surface area contributed by atoms with Crippen molar-refractivity contribution >= 4 is 51.3 Å². The molecule has 1 aliphatic heterocycles. The molecular formula is C26H28ClN5O2S. The van der Waals surface area contributed by atoms with Gasteiger partial charge < -0.3 is 14.2 Å². The Kier molecular flexibility index (Phi) is 6.70. The molecule has 0 radical (unpaired) electrons. The zero-order valence-electron chi connectivity index (χ0n) is 20.2. The van der Waals surface area contributed by atoms with Gasteiger partial charge in [0, 0.05) is 30.0 Å². The molecule has 7 nitrogen and oxygen atoms in total. The van der Waals surface area contributed by atoms with E-state index in [0.29, 0.717) is 29.8 Å². The van der Waals surface area contributed by atoms with Gasteiger partial charge in [-0.1, -0.05) is 47.1 Å². The lowest BCUT2D eigenvalue weighted by molar-refractivity contribution is -0.142. The van der Waals surface area contributed by atoms with E-state index >= 15 is 0 Å². The lowest BCUT2D eigenvalue weighted by Gasteiger charge is -2.36. The average molecular weight is 510 g/mol. The third-order valence-corrected chi connectivity index (χ3v) is 7.37. The van der Waals surface area contributed by atoms with Gasteiger partial charge in [0.25, 0.3) is 0 Å². The van der Waals surface area contributed by atoms with E-state index in [1.807, 2.05) is 49.9 Å². The second-order valence-electron chi connectivity index (χ2n) is 9.26. The van der Waals surface area contributed by atoms with Gasteiger partial charge in [0.15, 0.2) is 5.65 Å². The minimum absolute atomic E-state index is 0.0276. The van der Waals surface area contributed by atoms with E-state index in [9.17, 15) is 4.79 Å². The number of nitrogens with zero attached hydrogens (tertiary/aromatic N) is 5. The SMILES string of the molecule is Cc1ccc2c(c1)c1nnc(SC(C)C(=O)N3CC(C)OC(C)C3)nc1n2Cc1cccc(Cl)c1. The van der Waals surface area contributed by atoms with Crippen LogP contribution in [0.4, 0.5) is 0 Å². The van der Waals surface area contributed by atoms with E-state index in [4.69, 9.17) is 21.3 Å². The highest BCUT2D eigenvalue weighted by atomic mass is 35.5. The molecule has 0 bridgehead atoms. The van der Waals surface area contributed by atoms with Crippen molar-refractivity contribution in [3.63, 3.8) is 0 Å². The predicted molar refractivity (Wildman–Crippen MR) is 140 cm³/mol. The number of carbonyl (C=O) groups excluding carboxylic acids is 1. The topological polar surface area (TPSA) is 73.1 Å². The van der Waals surface area contributed by atoms with Crippen molar-refractivity contribution in [2.45, 2.75) is 56.9 Å². The zero-order chi connectivity index (χ0) is 24.7. The van der Waals surface area contributed by atoms with Crippen LogP contribution in [0, 0.1) is 6.92 Å². The van der Waals surface area contributed by atoms with Crippen molar-refractivity contribution in [3.8, 4) is 0 Å². The van der Waals surface area contributed by atoms with Crippen molar-refractivity contribution in [1.29, 1.82) is 0 Å². The number of fused-ring (bicyclic) bond motifs is 3. The van der Waals surface area contributed by atoms with Crippen LogP contribution in [0.5, 0.6) is 0 Å². The molecular weight excluding hydrogens is 482 g/mol. The minimum Gasteiger partial charge on any atom is -0.372 e. The Morgan fingerprint density at radius 2 is 1.94 bits per heavy atom. The van der Waals surface area contributed by atoms with E-state index in [-0.39, 0.29) is 23.4 Å². The maximum absolute atomic E-state index is 13.1. The number of hydrogen-bond donors (Lipinski definition) is 0. The number of amides is 1. The Morgan fingerprint density at radius 3 is 2.69 bits per heavy atom. The Morgan fingerprint density at radius 1 is 1.17 bits per heavy atom. The van der Waals surface area contributed by atoms with Gasteiger partial charge in [0.05, 0.1) is 23.0 Å². The fraction of sp³-hybridized carbons (Fsp3) is 0.385. The molecule has 35 heavy (non-hydrogen) atoms. The number of thioether (sulfide) groups is 1. The summed E-state index contributed by atoms with van der Waals surface area (Å²) in [7, 11) is 0. The van der Waals surface area contributed by atoms with Gasteiger partial charge in [0.1, 0.15) is 5.52 Å². The molecule has 1 saturated heterocycles. The first-order chi connectivity index (χ1) is 16.8. The first-order valence-electron chi connectivity index (χ1n) is 11.8. The number of carbonyl (C=O) groups is 1. The smallest absolute Gasteiger partial charge is 0.236 e. The van der Waals surface area contributed by atoms with Crippen molar-refractivity contribution < 1.29 is 9.53 Å². The Bertz CT molecular complexity index is 1400. The van der Waals surface area contributed by atoms with Crippen molar-refractivity contribution in [2.24, 2.45) is 0 Å². The van der Waals surface area contributed by atoms with Gasteiger partial charge in [-0.3, -0.25) is 4.79 Å². The molecule has 1 aliphatic rings. The summed E-state index contributed by atoms with van der Waals surface area (Å²) in [6.07, 6.45) is 0.0552. The number of ether oxygens (including phenoxy) is 1. The maximum atomic E-state index is 13.1. The monoisotopic (exact) mass is 509 g/mol. The summed E-state index contributed by atoms with van der Waals surface area (Å²) in [5.74, 6) is 0.0655. The van der Waals surface area contributed by atoms with E-state index < -0.39 is 0 Å². The van der Waals surface area contributed by atoms with Crippen LogP contribution in [-0.4, -0.2) is 61.1 Å². The molecule has 2 aromatic heterocycles. The molecule has 3 heterocycles. The summed E-state index contributed by atoms with van der Waals surface area (Å²) >= 11 is 7.58. The number of aromatic nitrogens is 4. The molecule has 0 spiro atoms. The van der Waals surface area contributed by atoms with Crippen LogP contribution in [0.3, 0.4) is 0 Å². The fourth-order valence-corrected chi connectivity index (χ4v) is 5.71. The molecule has 182 valence electrons. The van der Waals surface area contributed by atoms with E-state index in [1.54, 1.807) is 0 Å². The third kappa shape index (κ3) is 5.01. The first kappa shape index (κ1) is 24.0. The largest absolute Gasteiger partial charge is 0.372 e. The molecule has 3 unspecified atom stereocenters. The Labute approximate surface area is 213 Å². The summed E-state index contributed by atoms with van der Waals surface area (Å²) in [6.45, 7) is 9.75. The first-order valence-corrected chi connectivity index (χ1v) is 13.0. The number of hydrogen-bond acceptors (Lipinski definition) is 6. The summed E-state index contributed by atoms with van der Waals surface area (Å²) in [4.78, 5) is 19.9. The highest BCUT2D eigenvalue weighted by Gasteiger charge is 2.30. The second kappa shape index (κ2) is 9.76. The lowest BCUT2D eigenvalue weighted by atomic mass is 10.1. The van der Waals surface area contributed by atoms with Crippen LogP contribution >= 0.6 is 23.4 Å². The molecule has 5 rings (SSSR count). The molecule has 0 aliphatic carbocycles. The number of aryl methyl sites for hydroxylation is 1. The number of morpholine rings is 1. The van der Waals surface area contributed by atoms with Gasteiger partial charge >= 0.3 is 0 Å². The van der Waals surface area contributed by atoms with Crippen LogP contribution in [-0.2, 0) is 16.1 Å². The molecule has 1 amide bonds. The molecule has 0 N–H and O–H groups in total. The van der Waals surface area contributed by atoms with Crippen LogP contribution in [0.25, 0.3) is 22.1 Å². The van der Waals surface area contributed by atoms with E-state index in [1.165, 1.54) is 11.8 Å². The van der Waals surface area contributed by atoms with Crippen molar-refractivity contribution in [2.75, 3.05) is 13.1 Å². The van der Waals surface area contributed by atoms with E-state index in [2.05, 4.69) is 39.9 Å². The molecule has 3 atom stereocenters. The van der Waals surface area contributed by atoms with Crippen LogP contribution < -0.4 is 0 Å². The van der Waals surface area contributed by atoms with Crippen molar-refractivity contribution in [1.82, 2.24) is 24.6 Å². The zero-order valence-corrected chi connectivity index (χ0v) is 21.8. The van der Waals surface area contributed by atoms with E-state index in [0.717, 1.165) is 33.2 Å². The highest BCUT2D eigenvalue weighted by Crippen LogP contribution is 2.30. The number of rotatable bonds is 5. The summed E-state index contributed by atoms with van der Waals surface area (Å²) in [5, 5.41) is 10.8. The Balaban J connectivity index is 1.48. The molecule has 0 saturated carbocycles. The molecule has 1 fully saturated rings. The minimum atomic E-state index is -0.334. The number of benzene rings is 2. The van der Waals surface area contributed by atoms with Gasteiger partial charge in [-0.05, 0) is 57.5 Å². The quantitative estimate of drug-likeness (QED) is 0.348. The molecule has 9 heteroatoms. The van der Waals surface area contributed by atoms with Crippen LogP contribution in [0.1, 0.15) is 31.9 Å². The highest BCUT2D eigenvalue weighted by molar-refractivity contribution is 8.00. The van der Waals surface area contributed by atoms with Gasteiger partial charge in [-0.15, -0.1) is 10.2 Å². The number of halogens is 1. The van der Waals surface area contributed by atoms with Crippen molar-refractivity contribution in [3.05, 3.63) is 58.6 Å². The average Bonchev–Trinajstić information content (AvgIpc) is 3.10. The maximum Gasteiger partial charge on any atom is 0.236 e. The van der Waals surface area contributed by atoms with Crippen LogP contribution in [0.15, 0.2) is 47.6 Å². The lowest BCUT2D eigenvalue weighted by Crippen LogP contribution is -2.50. The molecule has 2 aromatic carbocycles. The standard InChI is InChI=1S/C26H28ClN5O2S/c1-15-8-9-22-21(10-15)23-24(32(22)14-19-6-5-7-20(27)11-19)28-26(30-29-23)35-18(4)25(33)31-12-16(2)34-17(3)13-31/h5-11,16-18H,12-14H2,1-4H3. The Hall–Kier alpha value is -2.68. The second-order valence-corrected chi connectivity index (χ2v) is 11.0. The van der Waals surface area contributed by atoms with Gasteiger partial charge in [-0.25, -0.2) is 4.98 Å². The summed E-state index contributed by atoms with van der Waals surface area (Å²) in [6, 6.07) is 14.1. The molecule has 4 aromatic rings. The summed E-state index contributed by atoms with van der Waals surface area (Å²) < 4.78 is 7.92. The van der Waals surface area contributed by atoms with Gasteiger partial charge in [0.2, 0.25) is 11.1 Å². The normalized spacial score (nSPS) is 19.4. The summed E-state index contributed by atoms with van der Waals surface area (Å²) in [5.41, 5.74) is 4.76. The van der Waals surface area contributed by atoms with Gasteiger partial charge in [-0.2, -0.15) is 0 Å². The third-order valence-electron chi connectivity index (χ3n) is 6.19. The van der Waals surface area contributed by atoms with Crippen LogP contribution in [0.2, 0.25) is 5.02 Å².